The fourth-order valence-electron chi connectivity index (χ4n) is 10.3. The van der Waals surface area contributed by atoms with Crippen LogP contribution >= 0.6 is 11.3 Å². The van der Waals surface area contributed by atoms with Gasteiger partial charge in [0, 0.05) is 49.6 Å². The van der Waals surface area contributed by atoms with Gasteiger partial charge in [-0.2, -0.15) is 5.10 Å². The van der Waals surface area contributed by atoms with Crippen molar-refractivity contribution in [3.05, 3.63) is 125 Å². The molecule has 2 atom stereocenters. The largest absolute Gasteiger partial charge is 0.493 e. The van der Waals surface area contributed by atoms with Crippen LogP contribution in [0.4, 0.5) is 16.6 Å². The first-order valence-corrected chi connectivity index (χ1v) is 24.6. The molecule has 6 heterocycles. The van der Waals surface area contributed by atoms with E-state index in [0.717, 1.165) is 82.1 Å². The third-order valence-electron chi connectivity index (χ3n) is 13.7. The normalized spacial score (nSPS) is 17.3. The highest BCUT2D eigenvalue weighted by molar-refractivity contribution is 7.22. The number of anilines is 3. The molecule has 70 heavy (non-hydrogen) atoms. The molecule has 0 spiro atoms. The number of likely N-dealkylation sites (tertiary alicyclic amines) is 1. The Bertz CT molecular complexity index is 3170. The van der Waals surface area contributed by atoms with Crippen molar-refractivity contribution in [2.75, 3.05) is 48.3 Å². The molecular weight excluding hydrogens is 907 g/mol. The van der Waals surface area contributed by atoms with Crippen LogP contribution in [0.3, 0.4) is 0 Å². The number of carbonyl (C=O) groups excluding carboxylic acids is 4. The van der Waals surface area contributed by atoms with Gasteiger partial charge >= 0.3 is 5.97 Å². The average Bonchev–Trinajstić information content (AvgIpc) is 3.93. The molecule has 4 amide bonds. The fourth-order valence-corrected chi connectivity index (χ4v) is 11.2. The van der Waals surface area contributed by atoms with Gasteiger partial charge in [0.15, 0.2) is 10.8 Å². The number of rotatable bonds is 14. The molecule has 2 fully saturated rings. The number of fused-ring (bicyclic) bond motifs is 3. The number of aromatic nitrogens is 4. The number of piperidine rings is 2. The van der Waals surface area contributed by atoms with Gasteiger partial charge in [-0.1, -0.05) is 59.9 Å². The second-order valence-corrected chi connectivity index (χ2v) is 19.4. The van der Waals surface area contributed by atoms with E-state index in [1.807, 2.05) is 103 Å². The van der Waals surface area contributed by atoms with E-state index in [0.29, 0.717) is 77.7 Å². The number of hydrogen-bond donors (Lipinski definition) is 4. The number of benzene rings is 4. The second-order valence-electron chi connectivity index (χ2n) is 18.4. The molecule has 358 valence electrons. The number of nitrogens with one attached hydrogen (secondary N) is 3. The number of aryl methyl sites for hydroxylation is 1. The summed E-state index contributed by atoms with van der Waals surface area (Å²) in [4.78, 5) is 77.9. The van der Waals surface area contributed by atoms with Gasteiger partial charge in [0.1, 0.15) is 11.6 Å². The van der Waals surface area contributed by atoms with Crippen LogP contribution in [0.15, 0.2) is 91.0 Å². The molecule has 0 aliphatic carbocycles. The Labute approximate surface area is 408 Å². The standard InChI is InChI=1S/C53H53N9O7S/c1-31-34(35-20-22-44(56-48(35)52(67)68)62-26-24-33-12-5-14-36(39(33)29-62)50(65)58-53-55-40-16-3-4-19-43(40)70-53)13-7-18-42(31)69-27-9-11-32-10-8-25-61(28-32)30-46(64)54-41-17-6-15-37-47(59-60(2)49(37)41)38-21-23-45(63)57-51(38)66/h3-7,12-20,22,32,38H,8-11,21,23-30H2,1-2H3,(H,54,64)(H,67,68)(H,55,58,65)(H,57,63,66)/t32-,38?/m0/s1. The molecular formula is C53H53N9O7S. The molecule has 0 radical (unpaired) electrons. The Morgan fingerprint density at radius 1 is 0.900 bits per heavy atom. The molecule has 4 aromatic carbocycles. The van der Waals surface area contributed by atoms with Crippen LogP contribution < -0.4 is 25.6 Å². The predicted octanol–water partition coefficient (Wildman–Crippen LogP) is 8.10. The summed E-state index contributed by atoms with van der Waals surface area (Å²) < 4.78 is 9.02. The highest BCUT2D eigenvalue weighted by atomic mass is 32.1. The lowest BCUT2D eigenvalue weighted by Crippen LogP contribution is -2.40. The summed E-state index contributed by atoms with van der Waals surface area (Å²) in [5, 5.41) is 24.9. The summed E-state index contributed by atoms with van der Waals surface area (Å²) in [6.45, 7) is 5.29. The lowest BCUT2D eigenvalue weighted by molar-refractivity contribution is -0.134. The van der Waals surface area contributed by atoms with Crippen molar-refractivity contribution in [1.29, 1.82) is 0 Å². The number of thiazole rings is 1. The Hall–Kier alpha value is -7.50. The first-order chi connectivity index (χ1) is 34.0. The topological polar surface area (TPSA) is 201 Å². The molecule has 3 aliphatic heterocycles. The van der Waals surface area contributed by atoms with Crippen molar-refractivity contribution >= 4 is 78.7 Å². The van der Waals surface area contributed by atoms with Crippen LogP contribution in [0.5, 0.6) is 5.75 Å². The zero-order valence-electron chi connectivity index (χ0n) is 39.0. The summed E-state index contributed by atoms with van der Waals surface area (Å²) in [7, 11) is 1.79. The van der Waals surface area contributed by atoms with Gasteiger partial charge in [-0.25, -0.2) is 14.8 Å². The first-order valence-electron chi connectivity index (χ1n) is 23.8. The minimum Gasteiger partial charge on any atom is -0.493 e. The van der Waals surface area contributed by atoms with Gasteiger partial charge in [-0.3, -0.25) is 39.4 Å². The number of carbonyl (C=O) groups is 5. The number of nitrogens with zero attached hydrogens (tertiary/aromatic N) is 6. The molecule has 7 aromatic rings. The minimum absolute atomic E-state index is 0.0612. The Balaban J connectivity index is 0.743. The number of pyridine rings is 1. The third-order valence-corrected chi connectivity index (χ3v) is 14.7. The lowest BCUT2D eigenvalue weighted by Gasteiger charge is -2.32. The Morgan fingerprint density at radius 2 is 1.74 bits per heavy atom. The van der Waals surface area contributed by atoms with E-state index in [1.54, 1.807) is 11.7 Å². The third kappa shape index (κ3) is 9.58. The predicted molar refractivity (Wildman–Crippen MR) is 268 cm³/mol. The molecule has 10 rings (SSSR count). The number of amides is 4. The summed E-state index contributed by atoms with van der Waals surface area (Å²) >= 11 is 1.42. The van der Waals surface area contributed by atoms with Crippen LogP contribution in [0.2, 0.25) is 0 Å². The van der Waals surface area contributed by atoms with E-state index in [-0.39, 0.29) is 42.3 Å². The maximum Gasteiger partial charge on any atom is 0.355 e. The van der Waals surface area contributed by atoms with E-state index in [1.165, 1.54) is 11.3 Å². The molecule has 2 saturated heterocycles. The molecule has 3 aromatic heterocycles. The quantitative estimate of drug-likeness (QED) is 0.0604. The van der Waals surface area contributed by atoms with E-state index >= 15 is 0 Å². The van der Waals surface area contributed by atoms with Gasteiger partial charge in [-0.05, 0) is 123 Å². The summed E-state index contributed by atoms with van der Waals surface area (Å²) in [6, 6.07) is 28.4. The Morgan fingerprint density at radius 3 is 2.59 bits per heavy atom. The van der Waals surface area contributed by atoms with Gasteiger partial charge in [0.05, 0.1) is 46.2 Å². The molecule has 16 nitrogen and oxygen atoms in total. The van der Waals surface area contributed by atoms with Crippen LogP contribution in [0.1, 0.15) is 87.7 Å². The van der Waals surface area contributed by atoms with Gasteiger partial charge in [-0.15, -0.1) is 0 Å². The maximum absolute atomic E-state index is 13.6. The van der Waals surface area contributed by atoms with Crippen molar-refractivity contribution in [2.24, 2.45) is 13.0 Å². The van der Waals surface area contributed by atoms with Gasteiger partial charge < -0.3 is 20.1 Å². The molecule has 3 aliphatic rings. The van der Waals surface area contributed by atoms with Gasteiger partial charge in [0.25, 0.3) is 5.91 Å². The number of aromatic carboxylic acids is 1. The SMILES string of the molecule is Cc1c(OCCC[C@@H]2CCCN(CC(=O)Nc3cccc4c(C5CCC(=O)NC5=O)nn(C)c34)C2)cccc1-c1ccc(N2CCc3cccc(C(=O)Nc4nc5ccccc5s4)c3C2)nc1C(=O)O. The molecule has 4 N–H and O–H groups in total. The molecule has 1 unspecified atom stereocenters. The fraction of sp³-hybridized carbons (Fsp3) is 0.321. The average molecular weight is 960 g/mol. The highest BCUT2D eigenvalue weighted by Gasteiger charge is 2.33. The minimum atomic E-state index is -1.14. The number of carboxylic acids is 1. The zero-order valence-corrected chi connectivity index (χ0v) is 39.8. The number of carboxylic acid groups (broad SMARTS) is 1. The smallest absolute Gasteiger partial charge is 0.355 e. The number of imide groups is 1. The van der Waals surface area contributed by atoms with Crippen LogP contribution in [0, 0.1) is 12.8 Å². The lowest BCUT2D eigenvalue weighted by atomic mass is 9.92. The molecule has 0 saturated carbocycles. The van der Waals surface area contributed by atoms with Crippen molar-refractivity contribution in [3.8, 4) is 16.9 Å². The summed E-state index contributed by atoms with van der Waals surface area (Å²) in [6.07, 6.45) is 5.11. The maximum atomic E-state index is 13.6. The van der Waals surface area contributed by atoms with Gasteiger partial charge in [0.2, 0.25) is 17.7 Å². The van der Waals surface area contributed by atoms with E-state index in [2.05, 4.69) is 30.9 Å². The van der Waals surface area contributed by atoms with Crippen molar-refractivity contribution in [1.82, 2.24) is 30.0 Å². The van der Waals surface area contributed by atoms with Crippen molar-refractivity contribution in [3.63, 3.8) is 0 Å². The summed E-state index contributed by atoms with van der Waals surface area (Å²) in [5.41, 5.74) is 7.24. The number of para-hydroxylation sites is 2. The number of hydrogen-bond acceptors (Lipinski definition) is 12. The number of ether oxygens (including phenoxy) is 1. The second kappa shape index (κ2) is 19.8. The van der Waals surface area contributed by atoms with Crippen LogP contribution in [-0.2, 0) is 34.4 Å². The van der Waals surface area contributed by atoms with E-state index in [4.69, 9.17) is 9.72 Å². The monoisotopic (exact) mass is 959 g/mol. The highest BCUT2D eigenvalue weighted by Crippen LogP contribution is 2.36. The molecule has 0 bridgehead atoms. The van der Waals surface area contributed by atoms with Crippen molar-refractivity contribution in [2.45, 2.75) is 64.3 Å². The van der Waals surface area contributed by atoms with Crippen molar-refractivity contribution < 1.29 is 33.8 Å². The van der Waals surface area contributed by atoms with E-state index < -0.39 is 11.9 Å². The van der Waals surface area contributed by atoms with E-state index in [9.17, 15) is 29.1 Å². The first kappa shape index (κ1) is 46.2. The Kier molecular flexibility index (Phi) is 13.1. The zero-order chi connectivity index (χ0) is 48.5. The summed E-state index contributed by atoms with van der Waals surface area (Å²) in [5.74, 6) is -1.07. The van der Waals surface area contributed by atoms with Crippen LogP contribution in [-0.4, -0.2) is 92.1 Å². The van der Waals surface area contributed by atoms with Crippen LogP contribution in [0.25, 0.3) is 32.2 Å². The molecule has 17 heteroatoms.